The molecule has 0 aliphatic rings. The molecule has 2 aromatic rings. The fourth-order valence-electron chi connectivity index (χ4n) is 1.45. The Labute approximate surface area is 108 Å². The Kier molecular flexibility index (Phi) is 3.85. The molecule has 2 heterocycles. The second-order valence-corrected chi connectivity index (χ2v) is 4.60. The zero-order chi connectivity index (χ0) is 13.0. The molecule has 0 aliphatic carbocycles. The van der Waals surface area contributed by atoms with Crippen molar-refractivity contribution in [3.63, 3.8) is 0 Å². The first-order chi connectivity index (χ1) is 8.70. The molecule has 0 aliphatic heterocycles. The fourth-order valence-corrected chi connectivity index (χ4v) is 2.01. The molecule has 0 saturated heterocycles. The van der Waals surface area contributed by atoms with Crippen LogP contribution in [-0.2, 0) is 6.54 Å². The summed E-state index contributed by atoms with van der Waals surface area (Å²) in [6.07, 6.45) is 3.20. The van der Waals surface area contributed by atoms with Crippen molar-refractivity contribution < 1.29 is 4.79 Å². The lowest BCUT2D eigenvalue weighted by atomic mass is 10.2. The molecule has 2 rings (SSSR count). The summed E-state index contributed by atoms with van der Waals surface area (Å²) in [7, 11) is 0. The van der Waals surface area contributed by atoms with E-state index in [0.29, 0.717) is 17.8 Å². The Morgan fingerprint density at radius 3 is 3.00 bits per heavy atom. The van der Waals surface area contributed by atoms with E-state index >= 15 is 0 Å². The number of nitrogens with two attached hydrogens (primary N) is 1. The second-order valence-electron chi connectivity index (χ2n) is 3.62. The van der Waals surface area contributed by atoms with Crippen LogP contribution in [0.25, 0.3) is 0 Å². The number of aryl methyl sites for hydroxylation is 1. The van der Waals surface area contributed by atoms with Crippen molar-refractivity contribution in [1.29, 1.82) is 0 Å². The quantitative estimate of drug-likeness (QED) is 0.566. The standard InChI is InChI=1S/C11H13N5OS/c1-7-4-9(16-12)8(5-14-7)11(17)15-6-10-13-2-3-18-10/h2-5H,6,12H2,1H3,(H,14,16)(H,15,17). The number of hydrogen-bond donors (Lipinski definition) is 3. The van der Waals surface area contributed by atoms with E-state index in [4.69, 9.17) is 5.84 Å². The molecular weight excluding hydrogens is 250 g/mol. The Hall–Kier alpha value is -1.99. The molecule has 94 valence electrons. The van der Waals surface area contributed by atoms with Crippen LogP contribution in [0.3, 0.4) is 0 Å². The molecule has 1 amide bonds. The number of rotatable bonds is 4. The van der Waals surface area contributed by atoms with Crippen LogP contribution in [0.1, 0.15) is 21.1 Å². The fraction of sp³-hybridized carbons (Fsp3) is 0.182. The Bertz CT molecular complexity index is 540. The topological polar surface area (TPSA) is 92.9 Å². The average Bonchev–Trinajstić information content (AvgIpc) is 2.88. The van der Waals surface area contributed by atoms with E-state index in [2.05, 4.69) is 20.7 Å². The molecule has 0 radical (unpaired) electrons. The van der Waals surface area contributed by atoms with Crippen LogP contribution in [0, 0.1) is 6.92 Å². The highest BCUT2D eigenvalue weighted by atomic mass is 32.1. The summed E-state index contributed by atoms with van der Waals surface area (Å²) in [6, 6.07) is 1.72. The number of thiazole rings is 1. The van der Waals surface area contributed by atoms with Crippen molar-refractivity contribution in [2.45, 2.75) is 13.5 Å². The number of hydrogen-bond acceptors (Lipinski definition) is 6. The van der Waals surface area contributed by atoms with Gasteiger partial charge in [0.1, 0.15) is 5.01 Å². The smallest absolute Gasteiger partial charge is 0.255 e. The summed E-state index contributed by atoms with van der Waals surface area (Å²) in [5.74, 6) is 5.15. The first-order valence-corrected chi connectivity index (χ1v) is 6.18. The van der Waals surface area contributed by atoms with Gasteiger partial charge >= 0.3 is 0 Å². The lowest BCUT2D eigenvalue weighted by Crippen LogP contribution is -2.25. The Morgan fingerprint density at radius 1 is 1.50 bits per heavy atom. The minimum absolute atomic E-state index is 0.231. The van der Waals surface area contributed by atoms with Crippen molar-refractivity contribution >= 4 is 22.9 Å². The van der Waals surface area contributed by atoms with Crippen LogP contribution in [0.15, 0.2) is 23.8 Å². The number of hydrazine groups is 1. The summed E-state index contributed by atoms with van der Waals surface area (Å²) in [6.45, 7) is 2.23. The number of pyridine rings is 1. The summed E-state index contributed by atoms with van der Waals surface area (Å²) in [5, 5.41) is 5.48. The van der Waals surface area contributed by atoms with E-state index in [1.165, 1.54) is 17.5 Å². The molecular formula is C11H13N5OS. The van der Waals surface area contributed by atoms with Crippen molar-refractivity contribution in [1.82, 2.24) is 15.3 Å². The molecule has 7 heteroatoms. The maximum atomic E-state index is 12.0. The molecule has 0 unspecified atom stereocenters. The largest absolute Gasteiger partial charge is 0.345 e. The van der Waals surface area contributed by atoms with E-state index in [-0.39, 0.29) is 5.91 Å². The summed E-state index contributed by atoms with van der Waals surface area (Å²) >= 11 is 1.49. The van der Waals surface area contributed by atoms with Gasteiger partial charge in [0.2, 0.25) is 0 Å². The van der Waals surface area contributed by atoms with Crippen LogP contribution in [0.4, 0.5) is 5.69 Å². The lowest BCUT2D eigenvalue weighted by Gasteiger charge is -2.09. The number of amides is 1. The highest BCUT2D eigenvalue weighted by molar-refractivity contribution is 7.09. The van der Waals surface area contributed by atoms with Gasteiger partial charge in [0.15, 0.2) is 0 Å². The second kappa shape index (κ2) is 5.56. The lowest BCUT2D eigenvalue weighted by molar-refractivity contribution is 0.0951. The molecule has 4 N–H and O–H groups in total. The van der Waals surface area contributed by atoms with Gasteiger partial charge in [-0.15, -0.1) is 11.3 Å². The van der Waals surface area contributed by atoms with Gasteiger partial charge < -0.3 is 10.7 Å². The Balaban J connectivity index is 2.09. The van der Waals surface area contributed by atoms with Crippen LogP contribution >= 0.6 is 11.3 Å². The third kappa shape index (κ3) is 2.82. The molecule has 0 atom stereocenters. The normalized spacial score (nSPS) is 10.1. The number of anilines is 1. The molecule has 0 spiro atoms. The first-order valence-electron chi connectivity index (χ1n) is 5.30. The van der Waals surface area contributed by atoms with Gasteiger partial charge in [0, 0.05) is 23.5 Å². The minimum Gasteiger partial charge on any atom is -0.345 e. The van der Waals surface area contributed by atoms with Crippen molar-refractivity contribution in [2.75, 3.05) is 5.43 Å². The van der Waals surface area contributed by atoms with E-state index < -0.39 is 0 Å². The predicted octanol–water partition coefficient (Wildman–Crippen LogP) is 1.06. The van der Waals surface area contributed by atoms with E-state index in [1.807, 2.05) is 12.3 Å². The molecule has 0 fully saturated rings. The van der Waals surface area contributed by atoms with Gasteiger partial charge in [0.05, 0.1) is 17.8 Å². The number of nitrogen functional groups attached to an aromatic ring is 1. The number of nitrogens with one attached hydrogen (secondary N) is 2. The van der Waals surface area contributed by atoms with Crippen molar-refractivity contribution in [3.05, 3.63) is 40.1 Å². The first kappa shape index (κ1) is 12.5. The SMILES string of the molecule is Cc1cc(NN)c(C(=O)NCc2nccs2)cn1. The number of carbonyl (C=O) groups excluding carboxylic acids is 1. The maximum absolute atomic E-state index is 12.0. The molecule has 0 aromatic carbocycles. The molecule has 6 nitrogen and oxygen atoms in total. The van der Waals surface area contributed by atoms with Gasteiger partial charge in [-0.2, -0.15) is 0 Å². The average molecular weight is 263 g/mol. The summed E-state index contributed by atoms with van der Waals surface area (Å²) < 4.78 is 0. The monoisotopic (exact) mass is 263 g/mol. The third-order valence-electron chi connectivity index (χ3n) is 2.32. The van der Waals surface area contributed by atoms with Crippen molar-refractivity contribution in [3.8, 4) is 0 Å². The minimum atomic E-state index is -0.231. The Morgan fingerprint density at radius 2 is 2.33 bits per heavy atom. The zero-order valence-electron chi connectivity index (χ0n) is 9.80. The highest BCUT2D eigenvalue weighted by Gasteiger charge is 2.11. The van der Waals surface area contributed by atoms with Crippen LogP contribution < -0.4 is 16.6 Å². The van der Waals surface area contributed by atoms with E-state index in [1.54, 1.807) is 12.3 Å². The van der Waals surface area contributed by atoms with Gasteiger partial charge in [-0.3, -0.25) is 15.6 Å². The van der Waals surface area contributed by atoms with Crippen LogP contribution in [0.2, 0.25) is 0 Å². The predicted molar refractivity (Wildman–Crippen MR) is 70.1 cm³/mol. The molecule has 0 bridgehead atoms. The third-order valence-corrected chi connectivity index (χ3v) is 3.10. The summed E-state index contributed by atoms with van der Waals surface area (Å²) in [5.41, 5.74) is 4.26. The zero-order valence-corrected chi connectivity index (χ0v) is 10.6. The van der Waals surface area contributed by atoms with Gasteiger partial charge in [-0.05, 0) is 13.0 Å². The van der Waals surface area contributed by atoms with Gasteiger partial charge in [-0.25, -0.2) is 4.98 Å². The molecule has 2 aromatic heterocycles. The number of aromatic nitrogens is 2. The van der Waals surface area contributed by atoms with Crippen LogP contribution in [0.5, 0.6) is 0 Å². The molecule has 18 heavy (non-hydrogen) atoms. The van der Waals surface area contributed by atoms with Crippen molar-refractivity contribution in [2.24, 2.45) is 5.84 Å². The van der Waals surface area contributed by atoms with Crippen LogP contribution in [-0.4, -0.2) is 15.9 Å². The van der Waals surface area contributed by atoms with E-state index in [0.717, 1.165) is 10.7 Å². The highest BCUT2D eigenvalue weighted by Crippen LogP contribution is 2.14. The maximum Gasteiger partial charge on any atom is 0.255 e. The number of carbonyl (C=O) groups is 1. The summed E-state index contributed by atoms with van der Waals surface area (Å²) in [4.78, 5) is 20.1. The van der Waals surface area contributed by atoms with Gasteiger partial charge in [-0.1, -0.05) is 0 Å². The molecule has 0 saturated carbocycles. The van der Waals surface area contributed by atoms with E-state index in [9.17, 15) is 4.79 Å². The number of nitrogens with zero attached hydrogens (tertiary/aromatic N) is 2. The van der Waals surface area contributed by atoms with Gasteiger partial charge in [0.25, 0.3) is 5.91 Å².